The fourth-order valence-electron chi connectivity index (χ4n) is 2.01. The molecule has 0 fully saturated rings. The maximum absolute atomic E-state index is 12.6. The number of hydrogen-bond acceptors (Lipinski definition) is 7. The summed E-state index contributed by atoms with van der Waals surface area (Å²) in [5.41, 5.74) is 0.576. The lowest BCUT2D eigenvalue weighted by atomic mass is 10.1. The number of aliphatic hydroxyl groups excluding tert-OH is 1. The van der Waals surface area contributed by atoms with Crippen molar-refractivity contribution in [2.75, 3.05) is 13.2 Å². The van der Waals surface area contributed by atoms with Crippen LogP contribution in [0.5, 0.6) is 5.75 Å². The topological polar surface area (TPSA) is 85.2 Å². The van der Waals surface area contributed by atoms with Crippen LogP contribution in [0, 0.1) is 0 Å². The highest BCUT2D eigenvalue weighted by Gasteiger charge is 2.16. The minimum absolute atomic E-state index is 0.0414. The van der Waals surface area contributed by atoms with Gasteiger partial charge in [0.15, 0.2) is 0 Å². The Morgan fingerprint density at radius 1 is 1.08 bits per heavy atom. The number of oxime groups is 1. The van der Waals surface area contributed by atoms with E-state index >= 15 is 0 Å². The fraction of sp³-hybridized carbons (Fsp3) is 0.211. The predicted octanol–water partition coefficient (Wildman–Crippen LogP) is 3.33. The molecule has 0 aliphatic heterocycles. The van der Waals surface area contributed by atoms with Crippen LogP contribution >= 0.6 is 11.8 Å². The number of ketones is 1. The molecule has 1 N–H and O–H groups in total. The Morgan fingerprint density at radius 3 is 2.42 bits per heavy atom. The molecule has 0 saturated heterocycles. The molecule has 136 valence electrons. The number of Topliss-reactive ketones (excluding diaryl/α,β-unsaturated/α-hetero) is 1. The molecule has 6 nitrogen and oxygen atoms in total. The van der Waals surface area contributed by atoms with Gasteiger partial charge in [0.1, 0.15) is 18.1 Å². The number of rotatable bonds is 8. The number of nitrogens with zero attached hydrogens (tertiary/aromatic N) is 1. The minimum Gasteiger partial charge on any atom is -0.491 e. The number of hydrogen-bond donors (Lipinski definition) is 1. The van der Waals surface area contributed by atoms with Crippen molar-refractivity contribution in [1.82, 2.24) is 0 Å². The molecular formula is C19H19NO5S. The van der Waals surface area contributed by atoms with E-state index in [0.717, 1.165) is 9.79 Å². The van der Waals surface area contributed by atoms with Crippen LogP contribution in [0.25, 0.3) is 0 Å². The molecule has 0 amide bonds. The summed E-state index contributed by atoms with van der Waals surface area (Å²) in [6.45, 7) is 2.92. The van der Waals surface area contributed by atoms with E-state index in [1.54, 1.807) is 24.3 Å². The molecule has 0 spiro atoms. The van der Waals surface area contributed by atoms with Gasteiger partial charge >= 0.3 is 5.97 Å². The molecule has 2 aromatic carbocycles. The Hall–Kier alpha value is -2.64. The monoisotopic (exact) mass is 373 g/mol. The van der Waals surface area contributed by atoms with Gasteiger partial charge in [0.2, 0.25) is 5.78 Å². The van der Waals surface area contributed by atoms with Crippen LogP contribution in [0.2, 0.25) is 0 Å². The Morgan fingerprint density at radius 2 is 1.77 bits per heavy atom. The molecule has 2 rings (SSSR count). The second-order valence-electron chi connectivity index (χ2n) is 5.23. The standard InChI is InChI=1S/C19H19NO5S/c1-13(20-25-14(2)22)19(23)17-5-3-4-6-18(17)26-16-9-7-15(8-10-16)24-12-11-21/h3-10,21H,11-12H2,1-2H3. The number of carbonyl (C=O) groups excluding carboxylic acids is 2. The zero-order valence-corrected chi connectivity index (χ0v) is 15.3. The Bertz CT molecular complexity index is 802. The van der Waals surface area contributed by atoms with Crippen LogP contribution in [-0.2, 0) is 9.63 Å². The lowest BCUT2D eigenvalue weighted by molar-refractivity contribution is -0.140. The molecule has 0 unspecified atom stereocenters. The molecule has 0 heterocycles. The first-order valence-electron chi connectivity index (χ1n) is 7.88. The predicted molar refractivity (Wildman–Crippen MR) is 98.8 cm³/mol. The number of carbonyl (C=O) groups is 2. The highest BCUT2D eigenvalue weighted by molar-refractivity contribution is 7.99. The van der Waals surface area contributed by atoms with E-state index in [0.29, 0.717) is 11.3 Å². The smallest absolute Gasteiger partial charge is 0.331 e. The van der Waals surface area contributed by atoms with Gasteiger partial charge in [-0.15, -0.1) is 0 Å². The van der Waals surface area contributed by atoms with Crippen LogP contribution in [0.1, 0.15) is 24.2 Å². The molecule has 0 aliphatic rings. The van der Waals surface area contributed by atoms with E-state index in [4.69, 9.17) is 9.84 Å². The second-order valence-corrected chi connectivity index (χ2v) is 6.35. The summed E-state index contributed by atoms with van der Waals surface area (Å²) in [5.74, 6) is -0.224. The normalized spacial score (nSPS) is 11.1. The maximum atomic E-state index is 12.6. The average Bonchev–Trinajstić information content (AvgIpc) is 2.65. The lowest BCUT2D eigenvalue weighted by Crippen LogP contribution is -2.13. The van der Waals surface area contributed by atoms with Crippen LogP contribution in [0.15, 0.2) is 63.5 Å². The Labute approximate surface area is 155 Å². The number of aliphatic hydroxyl groups is 1. The highest BCUT2D eigenvalue weighted by atomic mass is 32.2. The van der Waals surface area contributed by atoms with Crippen molar-refractivity contribution in [2.45, 2.75) is 23.6 Å². The third-order valence-corrected chi connectivity index (χ3v) is 4.27. The zero-order chi connectivity index (χ0) is 18.9. The van der Waals surface area contributed by atoms with Crippen molar-refractivity contribution in [2.24, 2.45) is 5.16 Å². The van der Waals surface area contributed by atoms with E-state index in [-0.39, 0.29) is 24.7 Å². The Balaban J connectivity index is 2.17. The summed E-state index contributed by atoms with van der Waals surface area (Å²) in [7, 11) is 0. The molecular weight excluding hydrogens is 354 g/mol. The van der Waals surface area contributed by atoms with Crippen LogP contribution < -0.4 is 4.74 Å². The molecule has 0 atom stereocenters. The maximum Gasteiger partial charge on any atom is 0.331 e. The third-order valence-electron chi connectivity index (χ3n) is 3.18. The van der Waals surface area contributed by atoms with Gasteiger partial charge in [0.05, 0.1) is 6.61 Å². The van der Waals surface area contributed by atoms with E-state index in [2.05, 4.69) is 9.99 Å². The first-order valence-corrected chi connectivity index (χ1v) is 8.70. The number of benzene rings is 2. The summed E-state index contributed by atoms with van der Waals surface area (Å²) in [6, 6.07) is 14.5. The average molecular weight is 373 g/mol. The summed E-state index contributed by atoms with van der Waals surface area (Å²) in [6.07, 6.45) is 0. The van der Waals surface area contributed by atoms with Gasteiger partial charge in [-0.05, 0) is 43.3 Å². The van der Waals surface area contributed by atoms with Gasteiger partial charge < -0.3 is 14.7 Å². The molecule has 7 heteroatoms. The van der Waals surface area contributed by atoms with Crippen molar-refractivity contribution < 1.29 is 24.3 Å². The van der Waals surface area contributed by atoms with Crippen molar-refractivity contribution in [1.29, 1.82) is 0 Å². The zero-order valence-electron chi connectivity index (χ0n) is 14.5. The van der Waals surface area contributed by atoms with Crippen LogP contribution in [-0.4, -0.2) is 35.8 Å². The van der Waals surface area contributed by atoms with Crippen molar-refractivity contribution in [3.63, 3.8) is 0 Å². The van der Waals surface area contributed by atoms with Gasteiger partial charge in [-0.1, -0.05) is 29.1 Å². The quantitative estimate of drug-likeness (QED) is 0.331. The summed E-state index contributed by atoms with van der Waals surface area (Å²) < 4.78 is 5.33. The summed E-state index contributed by atoms with van der Waals surface area (Å²) in [4.78, 5) is 29.6. The summed E-state index contributed by atoms with van der Waals surface area (Å²) in [5, 5.41) is 12.3. The van der Waals surface area contributed by atoms with E-state index in [9.17, 15) is 9.59 Å². The molecule has 0 aliphatic carbocycles. The largest absolute Gasteiger partial charge is 0.491 e. The molecule has 0 saturated carbocycles. The van der Waals surface area contributed by atoms with Crippen molar-refractivity contribution >= 4 is 29.2 Å². The molecule has 0 aromatic heterocycles. The minimum atomic E-state index is -0.580. The molecule has 26 heavy (non-hydrogen) atoms. The van der Waals surface area contributed by atoms with Gasteiger partial charge in [-0.25, -0.2) is 4.79 Å². The Kier molecular flexibility index (Phi) is 7.37. The van der Waals surface area contributed by atoms with E-state index in [1.165, 1.54) is 25.6 Å². The van der Waals surface area contributed by atoms with Crippen molar-refractivity contribution in [3.8, 4) is 5.75 Å². The third kappa shape index (κ3) is 5.72. The SMILES string of the molecule is CC(=O)ON=C(C)C(=O)c1ccccc1Sc1ccc(OCCO)cc1. The number of ether oxygens (including phenoxy) is 1. The first-order chi connectivity index (χ1) is 12.5. The molecule has 0 bridgehead atoms. The van der Waals surface area contributed by atoms with Crippen molar-refractivity contribution in [3.05, 3.63) is 54.1 Å². The first kappa shape index (κ1) is 19.7. The molecule has 2 aromatic rings. The van der Waals surface area contributed by atoms with Gasteiger partial charge in [-0.2, -0.15) is 0 Å². The van der Waals surface area contributed by atoms with Gasteiger partial charge in [0.25, 0.3) is 0 Å². The summed E-state index contributed by atoms with van der Waals surface area (Å²) >= 11 is 1.43. The highest BCUT2D eigenvalue weighted by Crippen LogP contribution is 2.32. The van der Waals surface area contributed by atoms with Crippen LogP contribution in [0.4, 0.5) is 0 Å². The van der Waals surface area contributed by atoms with Crippen LogP contribution in [0.3, 0.4) is 0 Å². The van der Waals surface area contributed by atoms with E-state index in [1.807, 2.05) is 24.3 Å². The second kappa shape index (κ2) is 9.74. The lowest BCUT2D eigenvalue weighted by Gasteiger charge is -2.09. The van der Waals surface area contributed by atoms with Gasteiger partial charge in [-0.3, -0.25) is 4.79 Å². The van der Waals surface area contributed by atoms with Gasteiger partial charge in [0, 0.05) is 22.3 Å². The van der Waals surface area contributed by atoms with E-state index < -0.39 is 5.97 Å². The fourth-order valence-corrected chi connectivity index (χ4v) is 2.95. The molecule has 0 radical (unpaired) electrons.